The lowest BCUT2D eigenvalue weighted by Crippen LogP contribution is -2.05. The fourth-order valence-corrected chi connectivity index (χ4v) is 3.52. The molecule has 2 unspecified atom stereocenters. The van der Waals surface area contributed by atoms with Gasteiger partial charge in [0.25, 0.3) is 0 Å². The summed E-state index contributed by atoms with van der Waals surface area (Å²) in [6.07, 6.45) is 6.15. The highest BCUT2D eigenvalue weighted by molar-refractivity contribution is 7.12. The van der Waals surface area contributed by atoms with E-state index in [1.54, 1.807) is 0 Å². The molecule has 0 nitrogen and oxygen atoms in total. The molecular formula is C14H23ClS. The Balaban J connectivity index is 2.62. The molecule has 2 heteroatoms. The monoisotopic (exact) mass is 258 g/mol. The van der Waals surface area contributed by atoms with Gasteiger partial charge in [0.2, 0.25) is 0 Å². The molecule has 1 rings (SSSR count). The molecule has 1 aromatic rings. The maximum atomic E-state index is 6.59. The summed E-state index contributed by atoms with van der Waals surface area (Å²) >= 11 is 8.48. The number of hydrogen-bond donors (Lipinski definition) is 0. The van der Waals surface area contributed by atoms with E-state index in [1.807, 2.05) is 11.3 Å². The first-order valence-corrected chi connectivity index (χ1v) is 7.70. The van der Waals surface area contributed by atoms with Gasteiger partial charge < -0.3 is 0 Å². The Bertz CT molecular complexity index is 293. The first kappa shape index (κ1) is 14.1. The SMILES string of the molecule is CCCCC(CC)C(Cl)c1ccc(CC)s1. The van der Waals surface area contributed by atoms with Crippen LogP contribution in [0.15, 0.2) is 12.1 Å². The van der Waals surface area contributed by atoms with Crippen LogP contribution >= 0.6 is 22.9 Å². The predicted molar refractivity (Wildman–Crippen MR) is 75.6 cm³/mol. The second kappa shape index (κ2) is 7.34. The molecule has 0 aliphatic heterocycles. The molecule has 2 atom stereocenters. The zero-order chi connectivity index (χ0) is 12.0. The van der Waals surface area contributed by atoms with E-state index >= 15 is 0 Å². The predicted octanol–water partition coefficient (Wildman–Crippen LogP) is 5.81. The fraction of sp³-hybridized carbons (Fsp3) is 0.714. The molecule has 1 aromatic heterocycles. The molecule has 0 bridgehead atoms. The molecule has 0 radical (unpaired) electrons. The number of unbranched alkanes of at least 4 members (excludes halogenated alkanes) is 1. The minimum absolute atomic E-state index is 0.224. The summed E-state index contributed by atoms with van der Waals surface area (Å²) in [5.74, 6) is 0.643. The average Bonchev–Trinajstić information content (AvgIpc) is 2.78. The molecule has 0 amide bonds. The molecule has 0 N–H and O–H groups in total. The highest BCUT2D eigenvalue weighted by Crippen LogP contribution is 2.38. The molecule has 0 fully saturated rings. The number of thiophene rings is 1. The summed E-state index contributed by atoms with van der Waals surface area (Å²) in [4.78, 5) is 2.81. The van der Waals surface area contributed by atoms with Crippen LogP contribution in [0.2, 0.25) is 0 Å². The third-order valence-corrected chi connectivity index (χ3v) is 5.20. The Morgan fingerprint density at radius 1 is 1.25 bits per heavy atom. The van der Waals surface area contributed by atoms with Crippen molar-refractivity contribution >= 4 is 22.9 Å². The summed E-state index contributed by atoms with van der Waals surface area (Å²) in [7, 11) is 0. The number of hydrogen-bond acceptors (Lipinski definition) is 1. The van der Waals surface area contributed by atoms with Gasteiger partial charge in [-0.25, -0.2) is 0 Å². The van der Waals surface area contributed by atoms with Crippen molar-refractivity contribution in [2.45, 2.75) is 58.3 Å². The second-order valence-electron chi connectivity index (χ2n) is 4.37. The van der Waals surface area contributed by atoms with Gasteiger partial charge in [-0.2, -0.15) is 0 Å². The first-order valence-electron chi connectivity index (χ1n) is 6.45. The smallest absolute Gasteiger partial charge is 0.0706 e. The standard InChI is InChI=1S/C14H23ClS/c1-4-7-8-11(5-2)14(15)13-10-9-12(6-3)16-13/h9-11,14H,4-8H2,1-3H3. The summed E-state index contributed by atoms with van der Waals surface area (Å²) in [5, 5.41) is 0.224. The van der Waals surface area contributed by atoms with Crippen LogP contribution in [0.4, 0.5) is 0 Å². The highest BCUT2D eigenvalue weighted by atomic mass is 35.5. The summed E-state index contributed by atoms with van der Waals surface area (Å²) in [6.45, 7) is 6.70. The summed E-state index contributed by atoms with van der Waals surface area (Å²) < 4.78 is 0. The van der Waals surface area contributed by atoms with Crippen molar-refractivity contribution in [2.75, 3.05) is 0 Å². The molecule has 92 valence electrons. The summed E-state index contributed by atoms with van der Waals surface area (Å²) in [6, 6.07) is 4.44. The van der Waals surface area contributed by atoms with Gasteiger partial charge in [0.1, 0.15) is 0 Å². The summed E-state index contributed by atoms with van der Waals surface area (Å²) in [5.41, 5.74) is 0. The zero-order valence-corrected chi connectivity index (χ0v) is 12.2. The third kappa shape index (κ3) is 3.78. The fourth-order valence-electron chi connectivity index (χ4n) is 1.99. The van der Waals surface area contributed by atoms with Gasteiger partial charge in [0.05, 0.1) is 5.38 Å². The Morgan fingerprint density at radius 2 is 2.00 bits per heavy atom. The lowest BCUT2D eigenvalue weighted by molar-refractivity contribution is 0.440. The molecule has 0 aliphatic rings. The number of aryl methyl sites for hydroxylation is 1. The topological polar surface area (TPSA) is 0 Å². The number of halogens is 1. The van der Waals surface area contributed by atoms with Crippen LogP contribution < -0.4 is 0 Å². The van der Waals surface area contributed by atoms with Crippen molar-refractivity contribution in [3.8, 4) is 0 Å². The highest BCUT2D eigenvalue weighted by Gasteiger charge is 2.20. The Labute approximate surface area is 109 Å². The molecule has 0 aromatic carbocycles. The van der Waals surface area contributed by atoms with E-state index in [0.717, 1.165) is 6.42 Å². The molecule has 16 heavy (non-hydrogen) atoms. The second-order valence-corrected chi connectivity index (χ2v) is 6.04. The number of alkyl halides is 1. The van der Waals surface area contributed by atoms with Gasteiger partial charge in [0.15, 0.2) is 0 Å². The largest absolute Gasteiger partial charge is 0.144 e. The van der Waals surface area contributed by atoms with Crippen LogP contribution in [0, 0.1) is 5.92 Å². The van der Waals surface area contributed by atoms with Crippen molar-refractivity contribution in [1.29, 1.82) is 0 Å². The van der Waals surface area contributed by atoms with Gasteiger partial charge in [-0.15, -0.1) is 22.9 Å². The maximum absolute atomic E-state index is 6.59. The van der Waals surface area contributed by atoms with Crippen LogP contribution in [0.3, 0.4) is 0 Å². The molecule has 0 spiro atoms. The zero-order valence-electron chi connectivity index (χ0n) is 10.6. The van der Waals surface area contributed by atoms with Crippen molar-refractivity contribution in [3.63, 3.8) is 0 Å². The van der Waals surface area contributed by atoms with Crippen LogP contribution in [0.25, 0.3) is 0 Å². The van der Waals surface area contributed by atoms with Gasteiger partial charge >= 0.3 is 0 Å². The minimum Gasteiger partial charge on any atom is -0.144 e. The van der Waals surface area contributed by atoms with Crippen molar-refractivity contribution in [1.82, 2.24) is 0 Å². The van der Waals surface area contributed by atoms with E-state index in [0.29, 0.717) is 5.92 Å². The van der Waals surface area contributed by atoms with Crippen LogP contribution in [0.5, 0.6) is 0 Å². The Kier molecular flexibility index (Phi) is 6.45. The number of rotatable bonds is 7. The van der Waals surface area contributed by atoms with E-state index in [1.165, 1.54) is 35.4 Å². The lowest BCUT2D eigenvalue weighted by Gasteiger charge is -2.19. The van der Waals surface area contributed by atoms with Gasteiger partial charge in [-0.05, 0) is 30.9 Å². The Morgan fingerprint density at radius 3 is 2.50 bits per heavy atom. The van der Waals surface area contributed by atoms with Crippen LogP contribution in [0.1, 0.15) is 61.6 Å². The van der Waals surface area contributed by atoms with E-state index in [2.05, 4.69) is 32.9 Å². The third-order valence-electron chi connectivity index (χ3n) is 3.17. The van der Waals surface area contributed by atoms with Crippen molar-refractivity contribution in [2.24, 2.45) is 5.92 Å². The maximum Gasteiger partial charge on any atom is 0.0706 e. The Hall–Kier alpha value is -0.0100. The molecule has 0 saturated carbocycles. The van der Waals surface area contributed by atoms with Crippen molar-refractivity contribution < 1.29 is 0 Å². The molecule has 0 aliphatic carbocycles. The lowest BCUT2D eigenvalue weighted by atomic mass is 9.95. The quantitative estimate of drug-likeness (QED) is 0.542. The first-order chi connectivity index (χ1) is 7.72. The molecule has 1 heterocycles. The van der Waals surface area contributed by atoms with Gasteiger partial charge in [0, 0.05) is 9.75 Å². The van der Waals surface area contributed by atoms with Crippen LogP contribution in [-0.4, -0.2) is 0 Å². The average molecular weight is 259 g/mol. The van der Waals surface area contributed by atoms with E-state index < -0.39 is 0 Å². The van der Waals surface area contributed by atoms with Crippen molar-refractivity contribution in [3.05, 3.63) is 21.9 Å². The minimum atomic E-state index is 0.224. The van der Waals surface area contributed by atoms with E-state index in [4.69, 9.17) is 11.6 Å². The van der Waals surface area contributed by atoms with Crippen LogP contribution in [-0.2, 0) is 6.42 Å². The normalized spacial score (nSPS) is 15.0. The van der Waals surface area contributed by atoms with Gasteiger partial charge in [-0.1, -0.05) is 40.0 Å². The van der Waals surface area contributed by atoms with E-state index in [-0.39, 0.29) is 5.38 Å². The van der Waals surface area contributed by atoms with E-state index in [9.17, 15) is 0 Å². The van der Waals surface area contributed by atoms with Gasteiger partial charge in [-0.3, -0.25) is 0 Å². The molecule has 0 saturated heterocycles. The molecular weight excluding hydrogens is 236 g/mol.